The Hall–Kier alpha value is -3.09. The minimum Gasteiger partial charge on any atom is -0.399 e. The van der Waals surface area contributed by atoms with E-state index in [2.05, 4.69) is 34.1 Å². The third-order valence-electron chi connectivity index (χ3n) is 5.81. The first-order valence-corrected chi connectivity index (χ1v) is 10.4. The highest BCUT2D eigenvalue weighted by molar-refractivity contribution is 5.74. The number of carbonyl (C=O) groups excluding carboxylic acids is 1. The summed E-state index contributed by atoms with van der Waals surface area (Å²) in [6.45, 7) is 8.67. The van der Waals surface area contributed by atoms with Crippen molar-refractivity contribution < 1.29 is 4.79 Å². The van der Waals surface area contributed by atoms with Gasteiger partial charge < -0.3 is 31.1 Å². The molecule has 0 saturated carbocycles. The molecule has 2 aromatic carbocycles. The first-order valence-electron chi connectivity index (χ1n) is 10.4. The summed E-state index contributed by atoms with van der Waals surface area (Å²) >= 11 is 0. The van der Waals surface area contributed by atoms with Gasteiger partial charge in [0.1, 0.15) is 0 Å². The minimum atomic E-state index is 0.0405. The highest BCUT2D eigenvalue weighted by Crippen LogP contribution is 2.24. The standard InChI is InChI=1S/C23H34N6O/c1-17-15-19(5-7-21(17)24)27-9-10-28(20-6-8-22(25)18(2)16-20)12-14-29(13-11-27)23(30)26(3)4/h5-8,15-16H,9-14,24-25H2,1-4H3. The Morgan fingerprint density at radius 2 is 1.17 bits per heavy atom. The van der Waals surface area contributed by atoms with Gasteiger partial charge in [0, 0.05) is 76.1 Å². The van der Waals surface area contributed by atoms with Crippen LogP contribution in [0.2, 0.25) is 0 Å². The molecule has 0 spiro atoms. The number of aryl methyl sites for hydroxylation is 2. The first kappa shape index (κ1) is 21.6. The van der Waals surface area contributed by atoms with E-state index in [0.717, 1.165) is 60.1 Å². The maximum Gasteiger partial charge on any atom is 0.319 e. The molecule has 0 aromatic heterocycles. The molecule has 7 heteroatoms. The van der Waals surface area contributed by atoms with Crippen molar-refractivity contribution >= 4 is 28.8 Å². The molecule has 0 bridgehead atoms. The van der Waals surface area contributed by atoms with Gasteiger partial charge in [-0.3, -0.25) is 0 Å². The van der Waals surface area contributed by atoms with Crippen molar-refractivity contribution in [1.29, 1.82) is 0 Å². The summed E-state index contributed by atoms with van der Waals surface area (Å²) in [5.41, 5.74) is 18.0. The lowest BCUT2D eigenvalue weighted by Gasteiger charge is -2.29. The molecule has 0 atom stereocenters. The van der Waals surface area contributed by atoms with Crippen LogP contribution in [-0.2, 0) is 0 Å². The van der Waals surface area contributed by atoms with Crippen LogP contribution >= 0.6 is 0 Å². The van der Waals surface area contributed by atoms with Crippen LogP contribution in [0.15, 0.2) is 36.4 Å². The third kappa shape index (κ3) is 4.90. The van der Waals surface area contributed by atoms with Gasteiger partial charge in [-0.15, -0.1) is 0 Å². The van der Waals surface area contributed by atoms with Gasteiger partial charge in [-0.1, -0.05) is 0 Å². The maximum atomic E-state index is 12.7. The quantitative estimate of drug-likeness (QED) is 0.744. The molecule has 2 aromatic rings. The van der Waals surface area contributed by atoms with Crippen LogP contribution < -0.4 is 21.3 Å². The van der Waals surface area contributed by atoms with E-state index in [0.29, 0.717) is 13.1 Å². The molecule has 162 valence electrons. The molecule has 4 N–H and O–H groups in total. The van der Waals surface area contributed by atoms with Gasteiger partial charge in [-0.05, 0) is 61.4 Å². The Balaban J connectivity index is 1.89. The fourth-order valence-electron chi connectivity index (χ4n) is 3.76. The fourth-order valence-corrected chi connectivity index (χ4v) is 3.76. The van der Waals surface area contributed by atoms with E-state index in [4.69, 9.17) is 11.5 Å². The summed E-state index contributed by atoms with van der Waals surface area (Å²) in [5, 5.41) is 0. The van der Waals surface area contributed by atoms with E-state index in [9.17, 15) is 4.79 Å². The molecular formula is C23H34N6O. The molecule has 1 fully saturated rings. The number of amides is 2. The van der Waals surface area contributed by atoms with E-state index in [1.165, 1.54) is 0 Å². The summed E-state index contributed by atoms with van der Waals surface area (Å²) in [6, 6.07) is 12.3. The first-order chi connectivity index (χ1) is 14.3. The van der Waals surface area contributed by atoms with Crippen molar-refractivity contribution in [3.63, 3.8) is 0 Å². The van der Waals surface area contributed by atoms with Crippen molar-refractivity contribution in [2.24, 2.45) is 0 Å². The number of hydrogen-bond donors (Lipinski definition) is 2. The lowest BCUT2D eigenvalue weighted by molar-refractivity contribution is 0.174. The molecule has 30 heavy (non-hydrogen) atoms. The van der Waals surface area contributed by atoms with Crippen LogP contribution in [-0.4, -0.2) is 69.2 Å². The van der Waals surface area contributed by atoms with Crippen LogP contribution in [0.1, 0.15) is 11.1 Å². The normalized spacial score (nSPS) is 15.4. The number of hydrogen-bond acceptors (Lipinski definition) is 5. The Kier molecular flexibility index (Phi) is 6.59. The van der Waals surface area contributed by atoms with Crippen molar-refractivity contribution in [1.82, 2.24) is 9.80 Å². The molecule has 2 amide bonds. The van der Waals surface area contributed by atoms with Crippen LogP contribution in [0.4, 0.5) is 27.5 Å². The molecule has 0 radical (unpaired) electrons. The second kappa shape index (κ2) is 9.15. The monoisotopic (exact) mass is 410 g/mol. The van der Waals surface area contributed by atoms with E-state index in [1.54, 1.807) is 19.0 Å². The number of nitrogen functional groups attached to an aromatic ring is 2. The highest BCUT2D eigenvalue weighted by Gasteiger charge is 2.21. The Morgan fingerprint density at radius 1 is 0.767 bits per heavy atom. The van der Waals surface area contributed by atoms with Crippen molar-refractivity contribution in [2.45, 2.75) is 13.8 Å². The number of urea groups is 1. The second-order valence-electron chi connectivity index (χ2n) is 8.22. The average Bonchev–Trinajstić information content (AvgIpc) is 2.82. The zero-order valence-electron chi connectivity index (χ0n) is 18.6. The lowest BCUT2D eigenvalue weighted by atomic mass is 10.1. The second-order valence-corrected chi connectivity index (χ2v) is 8.22. The zero-order valence-corrected chi connectivity index (χ0v) is 18.6. The molecule has 7 nitrogen and oxygen atoms in total. The van der Waals surface area contributed by atoms with Crippen molar-refractivity contribution in [2.75, 3.05) is 74.6 Å². The lowest BCUT2D eigenvalue weighted by Crippen LogP contribution is -2.45. The van der Waals surface area contributed by atoms with Gasteiger partial charge in [-0.25, -0.2) is 4.79 Å². The number of anilines is 4. The summed E-state index contributed by atoms with van der Waals surface area (Å²) in [7, 11) is 3.61. The van der Waals surface area contributed by atoms with Gasteiger partial charge in [0.15, 0.2) is 0 Å². The van der Waals surface area contributed by atoms with Gasteiger partial charge >= 0.3 is 6.03 Å². The SMILES string of the molecule is Cc1cc(N2CCN(C(=O)N(C)C)CCN(c3ccc(N)c(C)c3)CC2)ccc1N. The van der Waals surface area contributed by atoms with Crippen LogP contribution in [0.5, 0.6) is 0 Å². The zero-order chi connectivity index (χ0) is 21.8. The fraction of sp³-hybridized carbons (Fsp3) is 0.435. The summed E-state index contributed by atoms with van der Waals surface area (Å²) in [4.78, 5) is 21.0. The molecule has 3 rings (SSSR count). The van der Waals surface area contributed by atoms with Crippen molar-refractivity contribution in [3.8, 4) is 0 Å². The van der Waals surface area contributed by atoms with E-state index in [-0.39, 0.29) is 6.03 Å². The molecule has 1 saturated heterocycles. The Bertz CT molecular complexity index is 834. The largest absolute Gasteiger partial charge is 0.399 e. The highest BCUT2D eigenvalue weighted by atomic mass is 16.2. The van der Waals surface area contributed by atoms with Crippen LogP contribution in [0.25, 0.3) is 0 Å². The molecule has 0 aliphatic carbocycles. The van der Waals surface area contributed by atoms with Gasteiger partial charge in [0.25, 0.3) is 0 Å². The average molecular weight is 411 g/mol. The predicted octanol–water partition coefficient (Wildman–Crippen LogP) is 2.78. The van der Waals surface area contributed by atoms with Gasteiger partial charge in [-0.2, -0.15) is 0 Å². The Labute approximate surface area is 179 Å². The smallest absolute Gasteiger partial charge is 0.319 e. The number of carbonyl (C=O) groups is 1. The topological polar surface area (TPSA) is 82.1 Å². The minimum absolute atomic E-state index is 0.0405. The number of nitrogens with zero attached hydrogens (tertiary/aromatic N) is 4. The number of rotatable bonds is 2. The number of nitrogens with two attached hydrogens (primary N) is 2. The number of benzene rings is 2. The van der Waals surface area contributed by atoms with Crippen LogP contribution in [0, 0.1) is 13.8 Å². The van der Waals surface area contributed by atoms with E-state index >= 15 is 0 Å². The Morgan fingerprint density at radius 3 is 1.53 bits per heavy atom. The van der Waals surface area contributed by atoms with E-state index in [1.807, 2.05) is 30.9 Å². The van der Waals surface area contributed by atoms with Gasteiger partial charge in [0.2, 0.25) is 0 Å². The molecule has 1 aliphatic heterocycles. The maximum absolute atomic E-state index is 12.7. The summed E-state index contributed by atoms with van der Waals surface area (Å²) in [6.07, 6.45) is 0. The molecule has 1 aliphatic rings. The van der Waals surface area contributed by atoms with Gasteiger partial charge in [0.05, 0.1) is 0 Å². The molecule has 0 unspecified atom stereocenters. The summed E-state index contributed by atoms with van der Waals surface area (Å²) < 4.78 is 0. The third-order valence-corrected chi connectivity index (χ3v) is 5.81. The predicted molar refractivity (Wildman–Crippen MR) is 126 cm³/mol. The van der Waals surface area contributed by atoms with Crippen LogP contribution in [0.3, 0.4) is 0 Å². The van der Waals surface area contributed by atoms with E-state index < -0.39 is 0 Å². The molecule has 1 heterocycles. The molecular weight excluding hydrogens is 376 g/mol. The summed E-state index contributed by atoms with van der Waals surface area (Å²) in [5.74, 6) is 0. The van der Waals surface area contributed by atoms with Crippen molar-refractivity contribution in [3.05, 3.63) is 47.5 Å².